The summed E-state index contributed by atoms with van der Waals surface area (Å²) in [5.41, 5.74) is 2.47. The monoisotopic (exact) mass is 428 g/mol. The molecule has 0 saturated carbocycles. The number of Topliss-reactive ketones (excluding diaryl/α,β-unsaturated/α-hetero) is 1. The van der Waals surface area contributed by atoms with Crippen molar-refractivity contribution in [3.63, 3.8) is 0 Å². The van der Waals surface area contributed by atoms with Crippen molar-refractivity contribution in [2.45, 2.75) is 11.4 Å². The molecule has 0 fully saturated rings. The number of ketones is 1. The van der Waals surface area contributed by atoms with Gasteiger partial charge in [0.15, 0.2) is 17.3 Å². The van der Waals surface area contributed by atoms with Gasteiger partial charge in [0.1, 0.15) is 10.7 Å². The van der Waals surface area contributed by atoms with Crippen LogP contribution in [0, 0.1) is 0 Å². The second kappa shape index (κ2) is 8.78. The Morgan fingerprint density at radius 3 is 2.42 bits per heavy atom. The van der Waals surface area contributed by atoms with Crippen LogP contribution in [-0.4, -0.2) is 34.9 Å². The predicted octanol–water partition coefficient (Wildman–Crippen LogP) is 5.43. The van der Waals surface area contributed by atoms with E-state index in [2.05, 4.69) is 10.2 Å². The van der Waals surface area contributed by atoms with Crippen LogP contribution in [0.25, 0.3) is 22.0 Å². The van der Waals surface area contributed by atoms with E-state index in [1.165, 1.54) is 11.8 Å². The number of nitrogens with zero attached hydrogens (tertiary/aromatic N) is 2. The minimum atomic E-state index is 0.0127. The number of benzene rings is 3. The summed E-state index contributed by atoms with van der Waals surface area (Å²) in [6.45, 7) is 1.22. The van der Waals surface area contributed by atoms with Gasteiger partial charge in [-0.05, 0) is 18.2 Å². The number of thioether (sulfide) groups is 1. The van der Waals surface area contributed by atoms with Crippen molar-refractivity contribution in [1.82, 2.24) is 10.2 Å². The highest BCUT2D eigenvalue weighted by molar-refractivity contribution is 8.00. The van der Waals surface area contributed by atoms with Crippen LogP contribution in [-0.2, 0) is 0 Å². The molecule has 6 heteroatoms. The first-order chi connectivity index (χ1) is 15.3. The topological polar surface area (TPSA) is 61.3 Å². The molecule has 0 bridgehead atoms. The second-order valence-corrected chi connectivity index (χ2v) is 8.15. The van der Waals surface area contributed by atoms with E-state index in [4.69, 9.17) is 9.47 Å². The van der Waals surface area contributed by atoms with Crippen LogP contribution in [0.5, 0.6) is 11.5 Å². The number of carbonyl (C=O) groups excluding carboxylic acids is 1. The maximum atomic E-state index is 12.8. The smallest absolute Gasteiger partial charge is 0.173 e. The lowest BCUT2D eigenvalue weighted by Gasteiger charge is -2.10. The van der Waals surface area contributed by atoms with Gasteiger partial charge in [-0.15, -0.1) is 10.2 Å². The Morgan fingerprint density at radius 1 is 0.839 bits per heavy atom. The molecule has 0 radical (unpaired) electrons. The summed E-state index contributed by atoms with van der Waals surface area (Å²) in [7, 11) is 0. The van der Waals surface area contributed by atoms with Gasteiger partial charge in [-0.3, -0.25) is 4.79 Å². The second-order valence-electron chi connectivity index (χ2n) is 7.19. The molecule has 2 heterocycles. The van der Waals surface area contributed by atoms with E-state index in [0.29, 0.717) is 30.3 Å². The predicted molar refractivity (Wildman–Crippen MR) is 122 cm³/mol. The standard InChI is InChI=1S/C25H20N2O3S/c28-21(18-11-12-22-23(15-18)30-14-6-13-29-22)16-31-25-20-10-5-4-9-19(20)24(26-27-25)17-7-2-1-3-8-17/h1-5,7-12,15H,6,13-14,16H2. The molecule has 0 saturated heterocycles. The zero-order valence-electron chi connectivity index (χ0n) is 16.8. The molecule has 0 atom stereocenters. The Kier molecular flexibility index (Phi) is 5.54. The van der Waals surface area contributed by atoms with Crippen LogP contribution in [0.1, 0.15) is 16.8 Å². The Hall–Kier alpha value is -3.38. The number of ether oxygens (including phenoxy) is 2. The number of carbonyl (C=O) groups is 1. The van der Waals surface area contributed by atoms with Gasteiger partial charge in [-0.2, -0.15) is 0 Å². The number of aromatic nitrogens is 2. The van der Waals surface area contributed by atoms with Crippen LogP contribution in [0.3, 0.4) is 0 Å². The van der Waals surface area contributed by atoms with E-state index in [9.17, 15) is 4.79 Å². The van der Waals surface area contributed by atoms with Gasteiger partial charge in [-0.25, -0.2) is 0 Å². The van der Waals surface area contributed by atoms with Crippen LogP contribution in [0.2, 0.25) is 0 Å². The van der Waals surface area contributed by atoms with Crippen LogP contribution >= 0.6 is 11.8 Å². The molecule has 3 aromatic carbocycles. The van der Waals surface area contributed by atoms with E-state index in [1.54, 1.807) is 12.1 Å². The number of fused-ring (bicyclic) bond motifs is 2. The molecular weight excluding hydrogens is 408 g/mol. The minimum Gasteiger partial charge on any atom is -0.490 e. The van der Waals surface area contributed by atoms with Crippen molar-refractivity contribution >= 4 is 28.3 Å². The molecule has 5 rings (SSSR count). The summed E-state index contributed by atoms with van der Waals surface area (Å²) >= 11 is 1.40. The lowest BCUT2D eigenvalue weighted by atomic mass is 10.1. The van der Waals surface area contributed by atoms with E-state index < -0.39 is 0 Å². The fraction of sp³-hybridized carbons (Fsp3) is 0.160. The minimum absolute atomic E-state index is 0.0127. The van der Waals surface area contributed by atoms with Crippen LogP contribution in [0.15, 0.2) is 77.8 Å². The Balaban J connectivity index is 1.39. The fourth-order valence-electron chi connectivity index (χ4n) is 3.55. The normalized spacial score (nSPS) is 13.0. The molecule has 0 amide bonds. The maximum Gasteiger partial charge on any atom is 0.173 e. The molecule has 1 aliphatic heterocycles. The Bertz CT molecular complexity index is 1240. The van der Waals surface area contributed by atoms with E-state index in [-0.39, 0.29) is 11.5 Å². The highest BCUT2D eigenvalue weighted by Crippen LogP contribution is 2.33. The third-order valence-corrected chi connectivity index (χ3v) is 6.09. The van der Waals surface area contributed by atoms with Gasteiger partial charge in [0.2, 0.25) is 0 Å². The third-order valence-electron chi connectivity index (χ3n) is 5.11. The molecule has 154 valence electrons. The lowest BCUT2D eigenvalue weighted by molar-refractivity contribution is 0.102. The molecule has 1 aliphatic rings. The summed E-state index contributed by atoms with van der Waals surface area (Å²) < 4.78 is 11.4. The SMILES string of the molecule is O=C(CSc1nnc(-c2ccccc2)c2ccccc12)c1ccc2c(c1)OCCCO2. The van der Waals surface area contributed by atoms with Crippen LogP contribution < -0.4 is 9.47 Å². The van der Waals surface area contributed by atoms with Crippen molar-refractivity contribution in [2.75, 3.05) is 19.0 Å². The third kappa shape index (κ3) is 4.11. The van der Waals surface area contributed by atoms with Crippen molar-refractivity contribution < 1.29 is 14.3 Å². The molecule has 0 aliphatic carbocycles. The zero-order valence-corrected chi connectivity index (χ0v) is 17.6. The molecule has 0 N–H and O–H groups in total. The summed E-state index contributed by atoms with van der Waals surface area (Å²) in [6.07, 6.45) is 0.832. The van der Waals surface area contributed by atoms with Crippen molar-refractivity contribution in [1.29, 1.82) is 0 Å². The van der Waals surface area contributed by atoms with Crippen molar-refractivity contribution in [3.8, 4) is 22.8 Å². The Labute approximate surface area is 184 Å². The largest absolute Gasteiger partial charge is 0.490 e. The van der Waals surface area contributed by atoms with Gasteiger partial charge in [0, 0.05) is 28.3 Å². The number of hydrogen-bond donors (Lipinski definition) is 0. The molecule has 0 unspecified atom stereocenters. The summed E-state index contributed by atoms with van der Waals surface area (Å²) in [5.74, 6) is 1.60. The van der Waals surface area contributed by atoms with Gasteiger partial charge in [0.25, 0.3) is 0 Å². The van der Waals surface area contributed by atoms with Crippen molar-refractivity contribution in [2.24, 2.45) is 0 Å². The fourth-order valence-corrected chi connectivity index (χ4v) is 4.42. The van der Waals surface area contributed by atoms with E-state index >= 15 is 0 Å². The van der Waals surface area contributed by atoms with Gasteiger partial charge in [-0.1, -0.05) is 66.4 Å². The number of hydrogen-bond acceptors (Lipinski definition) is 6. The average Bonchev–Trinajstić information content (AvgIpc) is 3.08. The highest BCUT2D eigenvalue weighted by Gasteiger charge is 2.16. The maximum absolute atomic E-state index is 12.8. The molecule has 0 spiro atoms. The number of rotatable bonds is 5. The lowest BCUT2D eigenvalue weighted by Crippen LogP contribution is -2.04. The van der Waals surface area contributed by atoms with E-state index in [1.807, 2.05) is 60.7 Å². The molecule has 5 nitrogen and oxygen atoms in total. The molecular formula is C25H20N2O3S. The average molecular weight is 429 g/mol. The molecule has 31 heavy (non-hydrogen) atoms. The first kappa shape index (κ1) is 19.6. The first-order valence-electron chi connectivity index (χ1n) is 10.2. The summed E-state index contributed by atoms with van der Waals surface area (Å²) in [6, 6.07) is 23.4. The van der Waals surface area contributed by atoms with Gasteiger partial charge < -0.3 is 9.47 Å². The van der Waals surface area contributed by atoms with E-state index in [0.717, 1.165) is 33.5 Å². The first-order valence-corrected chi connectivity index (χ1v) is 11.1. The highest BCUT2D eigenvalue weighted by atomic mass is 32.2. The van der Waals surface area contributed by atoms with Crippen molar-refractivity contribution in [3.05, 3.63) is 78.4 Å². The summed E-state index contributed by atoms with van der Waals surface area (Å²) in [5, 5.41) is 11.7. The molecule has 1 aromatic heterocycles. The van der Waals surface area contributed by atoms with Gasteiger partial charge >= 0.3 is 0 Å². The molecule has 4 aromatic rings. The Morgan fingerprint density at radius 2 is 1.58 bits per heavy atom. The zero-order chi connectivity index (χ0) is 21.0. The quantitative estimate of drug-likeness (QED) is 0.312. The summed E-state index contributed by atoms with van der Waals surface area (Å²) in [4.78, 5) is 12.8. The van der Waals surface area contributed by atoms with Gasteiger partial charge in [0.05, 0.1) is 19.0 Å². The van der Waals surface area contributed by atoms with Crippen LogP contribution in [0.4, 0.5) is 0 Å².